The first-order valence-electron chi connectivity index (χ1n) is 7.94. The molecule has 2 amide bonds. The van der Waals surface area contributed by atoms with Crippen molar-refractivity contribution in [3.63, 3.8) is 0 Å². The van der Waals surface area contributed by atoms with E-state index in [4.69, 9.17) is 16.2 Å². The second-order valence-corrected chi connectivity index (χ2v) is 6.72. The number of nitrogens with one attached hydrogen (secondary N) is 1. The van der Waals surface area contributed by atoms with Gasteiger partial charge < -0.3 is 16.2 Å². The fourth-order valence-electron chi connectivity index (χ4n) is 2.09. The van der Waals surface area contributed by atoms with Gasteiger partial charge in [-0.25, -0.2) is 5.43 Å². The Morgan fingerprint density at radius 2 is 2.04 bits per heavy atom. The monoisotopic (exact) mass is 328 g/mol. The van der Waals surface area contributed by atoms with Crippen LogP contribution in [0.4, 0.5) is 0 Å². The zero-order valence-corrected chi connectivity index (χ0v) is 14.1. The molecule has 0 aromatic rings. The van der Waals surface area contributed by atoms with Gasteiger partial charge in [-0.15, -0.1) is 0 Å². The molecule has 0 aromatic carbocycles. The van der Waals surface area contributed by atoms with Gasteiger partial charge in [0.25, 0.3) is 5.91 Å². The third-order valence-electron chi connectivity index (χ3n) is 4.04. The number of carbonyl (C=O) groups excluding carboxylic acids is 3. The van der Waals surface area contributed by atoms with E-state index in [1.807, 2.05) is 20.8 Å². The number of ether oxygens (including phenoxy) is 1. The summed E-state index contributed by atoms with van der Waals surface area (Å²) < 4.78 is 5.35. The molecule has 1 heterocycles. The van der Waals surface area contributed by atoms with Crippen molar-refractivity contribution < 1.29 is 19.1 Å². The van der Waals surface area contributed by atoms with Crippen molar-refractivity contribution in [2.24, 2.45) is 16.9 Å². The molecule has 0 radical (unpaired) electrons. The molecule has 2 atom stereocenters. The van der Waals surface area contributed by atoms with Gasteiger partial charge in [0.15, 0.2) is 0 Å². The highest BCUT2D eigenvalue weighted by Crippen LogP contribution is 2.20. The standard InChI is InChI=1S/C15H28N4O4/c1-4-15(2,3)9-23-14(22)11-6-5-7-19(18-11)13(21)10(16)8-12(17)20/h10-11,18H,4-9,16H2,1-3H3,(H2,17,20)/t10-,11-/m0/s1. The molecule has 5 N–H and O–H groups in total. The topological polar surface area (TPSA) is 128 Å². The van der Waals surface area contributed by atoms with Crippen LogP contribution in [0.15, 0.2) is 0 Å². The van der Waals surface area contributed by atoms with Crippen molar-refractivity contribution in [2.45, 2.75) is 58.5 Å². The van der Waals surface area contributed by atoms with Gasteiger partial charge in [-0.05, 0) is 24.7 Å². The van der Waals surface area contributed by atoms with Gasteiger partial charge >= 0.3 is 5.97 Å². The third-order valence-corrected chi connectivity index (χ3v) is 4.04. The van der Waals surface area contributed by atoms with Gasteiger partial charge in [0, 0.05) is 6.54 Å². The summed E-state index contributed by atoms with van der Waals surface area (Å²) in [6, 6.07) is -1.59. The minimum atomic E-state index is -1.01. The van der Waals surface area contributed by atoms with Crippen LogP contribution in [-0.4, -0.2) is 48.0 Å². The van der Waals surface area contributed by atoms with Crippen molar-refractivity contribution in [1.29, 1.82) is 0 Å². The lowest BCUT2D eigenvalue weighted by Crippen LogP contribution is -2.59. The molecular weight excluding hydrogens is 300 g/mol. The maximum atomic E-state index is 12.1. The molecule has 0 unspecified atom stereocenters. The van der Waals surface area contributed by atoms with Gasteiger partial charge in [-0.1, -0.05) is 20.8 Å². The minimum absolute atomic E-state index is 0.0797. The zero-order valence-electron chi connectivity index (χ0n) is 14.1. The van der Waals surface area contributed by atoms with E-state index in [1.165, 1.54) is 5.01 Å². The van der Waals surface area contributed by atoms with Crippen molar-refractivity contribution in [3.05, 3.63) is 0 Å². The summed E-state index contributed by atoms with van der Waals surface area (Å²) in [6.45, 7) is 6.83. The SMILES string of the molecule is CCC(C)(C)COC(=O)[C@@H]1CCCN(C(=O)[C@@H](N)CC(N)=O)N1. The molecule has 0 spiro atoms. The normalized spacial score (nSPS) is 20.0. The fourth-order valence-corrected chi connectivity index (χ4v) is 2.09. The lowest BCUT2D eigenvalue weighted by Gasteiger charge is -2.34. The predicted molar refractivity (Wildman–Crippen MR) is 84.7 cm³/mol. The lowest BCUT2D eigenvalue weighted by atomic mass is 9.92. The molecule has 1 aliphatic rings. The van der Waals surface area contributed by atoms with Crippen LogP contribution in [0.1, 0.15) is 46.5 Å². The van der Waals surface area contributed by atoms with E-state index in [0.29, 0.717) is 26.0 Å². The number of hydrogen-bond acceptors (Lipinski definition) is 6. The third kappa shape index (κ3) is 6.15. The van der Waals surface area contributed by atoms with Crippen LogP contribution < -0.4 is 16.9 Å². The molecule has 1 saturated heterocycles. The molecule has 0 bridgehead atoms. The van der Waals surface area contributed by atoms with E-state index >= 15 is 0 Å². The smallest absolute Gasteiger partial charge is 0.324 e. The van der Waals surface area contributed by atoms with Gasteiger partial charge in [0.05, 0.1) is 19.1 Å². The van der Waals surface area contributed by atoms with E-state index < -0.39 is 23.9 Å². The average molecular weight is 328 g/mol. The first kappa shape index (κ1) is 19.4. The molecular formula is C15H28N4O4. The minimum Gasteiger partial charge on any atom is -0.464 e. The van der Waals surface area contributed by atoms with Gasteiger partial charge in [0.1, 0.15) is 6.04 Å². The molecule has 8 heteroatoms. The Morgan fingerprint density at radius 3 is 2.61 bits per heavy atom. The Hall–Kier alpha value is -1.67. The summed E-state index contributed by atoms with van der Waals surface area (Å²) in [4.78, 5) is 35.1. The summed E-state index contributed by atoms with van der Waals surface area (Å²) in [5.74, 6) is -1.47. The van der Waals surface area contributed by atoms with Gasteiger partial charge in [-0.2, -0.15) is 0 Å². The van der Waals surface area contributed by atoms with E-state index in [0.717, 1.165) is 6.42 Å². The number of primary amides is 1. The number of carbonyl (C=O) groups is 3. The average Bonchev–Trinajstić information content (AvgIpc) is 2.51. The molecule has 0 aromatic heterocycles. The van der Waals surface area contributed by atoms with Crippen LogP contribution in [-0.2, 0) is 19.1 Å². The molecule has 1 fully saturated rings. The number of esters is 1. The fraction of sp³-hybridized carbons (Fsp3) is 0.800. The van der Waals surface area contributed by atoms with Gasteiger partial charge in [0.2, 0.25) is 5.91 Å². The molecule has 8 nitrogen and oxygen atoms in total. The second-order valence-electron chi connectivity index (χ2n) is 6.72. The Balaban J connectivity index is 2.55. The molecule has 0 aliphatic carbocycles. The second kappa shape index (κ2) is 8.26. The predicted octanol–water partition coefficient (Wildman–Crippen LogP) is -0.336. The Bertz CT molecular complexity index is 453. The Labute approximate surface area is 136 Å². The highest BCUT2D eigenvalue weighted by atomic mass is 16.5. The number of hydrazine groups is 1. The highest BCUT2D eigenvalue weighted by Gasteiger charge is 2.32. The number of rotatable bonds is 7. The van der Waals surface area contributed by atoms with Crippen molar-refractivity contribution in [2.75, 3.05) is 13.2 Å². The summed E-state index contributed by atoms with van der Waals surface area (Å²) in [7, 11) is 0. The maximum Gasteiger partial charge on any atom is 0.324 e. The van der Waals surface area contributed by atoms with E-state index in [1.54, 1.807) is 0 Å². The lowest BCUT2D eigenvalue weighted by molar-refractivity contribution is -0.155. The van der Waals surface area contributed by atoms with Crippen molar-refractivity contribution >= 4 is 17.8 Å². The molecule has 0 saturated carbocycles. The number of nitrogens with two attached hydrogens (primary N) is 2. The van der Waals surface area contributed by atoms with Gasteiger partial charge in [-0.3, -0.25) is 19.4 Å². The molecule has 132 valence electrons. The van der Waals surface area contributed by atoms with E-state index in [-0.39, 0.29) is 17.8 Å². The van der Waals surface area contributed by atoms with Crippen LogP contribution >= 0.6 is 0 Å². The number of amides is 2. The van der Waals surface area contributed by atoms with Crippen molar-refractivity contribution in [1.82, 2.24) is 10.4 Å². The largest absolute Gasteiger partial charge is 0.464 e. The van der Waals surface area contributed by atoms with Crippen LogP contribution in [0, 0.1) is 5.41 Å². The Morgan fingerprint density at radius 1 is 1.39 bits per heavy atom. The quantitative estimate of drug-likeness (QED) is 0.549. The van der Waals surface area contributed by atoms with Crippen LogP contribution in [0.25, 0.3) is 0 Å². The maximum absolute atomic E-state index is 12.1. The van der Waals surface area contributed by atoms with E-state index in [2.05, 4.69) is 5.43 Å². The number of nitrogens with zero attached hydrogens (tertiary/aromatic N) is 1. The van der Waals surface area contributed by atoms with Crippen molar-refractivity contribution in [3.8, 4) is 0 Å². The van der Waals surface area contributed by atoms with Crippen LogP contribution in [0.3, 0.4) is 0 Å². The van der Waals surface area contributed by atoms with Crippen LogP contribution in [0.2, 0.25) is 0 Å². The first-order chi connectivity index (χ1) is 10.7. The molecule has 23 heavy (non-hydrogen) atoms. The van der Waals surface area contributed by atoms with E-state index in [9.17, 15) is 14.4 Å². The summed E-state index contributed by atoms with van der Waals surface area (Å²) >= 11 is 0. The van der Waals surface area contributed by atoms with Crippen LogP contribution in [0.5, 0.6) is 0 Å². The first-order valence-corrected chi connectivity index (χ1v) is 7.94. The number of hydrogen-bond donors (Lipinski definition) is 3. The molecule has 1 aliphatic heterocycles. The summed E-state index contributed by atoms with van der Waals surface area (Å²) in [6.07, 6.45) is 1.90. The highest BCUT2D eigenvalue weighted by molar-refractivity contribution is 5.87. The Kier molecular flexibility index (Phi) is 6.96. The zero-order chi connectivity index (χ0) is 17.6. The summed E-state index contributed by atoms with van der Waals surface area (Å²) in [5.41, 5.74) is 13.5. The molecule has 1 rings (SSSR count). The summed E-state index contributed by atoms with van der Waals surface area (Å²) in [5, 5.41) is 1.29.